The number of ether oxygens (including phenoxy) is 1. The number of amides is 3. The molecule has 362 valence electrons. The van der Waals surface area contributed by atoms with E-state index < -0.39 is 41.5 Å². The van der Waals surface area contributed by atoms with E-state index >= 15 is 0 Å². The number of nitrogens with one attached hydrogen (secondary N) is 2. The van der Waals surface area contributed by atoms with Crippen LogP contribution in [0.15, 0.2) is 83.4 Å². The van der Waals surface area contributed by atoms with Crippen molar-refractivity contribution in [3.05, 3.63) is 123 Å². The topological polar surface area (TPSA) is 199 Å². The van der Waals surface area contributed by atoms with E-state index in [4.69, 9.17) is 9.73 Å². The molecule has 18 heteroatoms. The molecule has 3 aromatic carbocycles. The van der Waals surface area contributed by atoms with Crippen molar-refractivity contribution in [2.45, 2.75) is 105 Å². The average Bonchev–Trinajstić information content (AvgIpc) is 4.17. The fourth-order valence-corrected chi connectivity index (χ4v) is 11.4. The molecule has 2 aliphatic heterocycles. The van der Waals surface area contributed by atoms with Crippen LogP contribution >= 0.6 is 22.7 Å². The number of likely N-dealkylation sites (tertiary alicyclic amines) is 1. The number of methoxy groups -OCH3 is 1. The van der Waals surface area contributed by atoms with Gasteiger partial charge in [0.1, 0.15) is 35.5 Å². The molecule has 0 saturated carbocycles. The number of aryl methyl sites for hydroxylation is 3. The minimum absolute atomic E-state index is 0.0180. The van der Waals surface area contributed by atoms with Gasteiger partial charge in [0.2, 0.25) is 17.7 Å². The molecule has 1 saturated heterocycles. The number of rotatable bonds is 12. The quantitative estimate of drug-likeness (QED) is 0.103. The zero-order chi connectivity index (χ0) is 49.8. The van der Waals surface area contributed by atoms with E-state index in [2.05, 4.69) is 44.8 Å². The number of aromatic nitrogens is 6. The molecule has 4 aromatic heterocycles. The standard InChI is InChI=1S/C52H56N10O6S2/c1-27-30(4)70-51-44(27)45(56-39(22-43(65)68-9)48-59-58-31(5)62(48)51)34-14-12-33(13-15-34)36-18-19-40-37(20-36)23-54-61(40)25-42(64)57-47(52(6,7)8)50(67)60-24-38(63)21-41(60)49(66)55-28(2)32-10-16-35(17-11-32)46-29(3)53-26-69-46/h10-20,23,26,28,38-39,41,47,63H,21-22,24-25H2,1-9H3,(H,55,66)(H,57,64)/t28-,38+,39-,41-,47+/m0/s1. The zero-order valence-electron chi connectivity index (χ0n) is 40.6. The van der Waals surface area contributed by atoms with Gasteiger partial charge in [0, 0.05) is 34.4 Å². The molecule has 7 aromatic rings. The first-order chi connectivity index (χ1) is 33.4. The lowest BCUT2D eigenvalue weighted by atomic mass is 9.85. The molecular formula is C52H56N10O6S2. The summed E-state index contributed by atoms with van der Waals surface area (Å²) in [5.41, 5.74) is 10.4. The van der Waals surface area contributed by atoms with E-state index in [9.17, 15) is 24.3 Å². The molecule has 16 nitrogen and oxygen atoms in total. The number of aliphatic hydroxyl groups is 1. The van der Waals surface area contributed by atoms with Gasteiger partial charge in [0.15, 0.2) is 5.82 Å². The average molecular weight is 981 g/mol. The lowest BCUT2D eigenvalue weighted by molar-refractivity contribution is -0.144. The highest BCUT2D eigenvalue weighted by Gasteiger charge is 2.45. The molecule has 5 atom stereocenters. The molecule has 2 aliphatic rings. The van der Waals surface area contributed by atoms with Gasteiger partial charge in [-0.15, -0.1) is 32.9 Å². The molecule has 0 unspecified atom stereocenters. The zero-order valence-corrected chi connectivity index (χ0v) is 42.2. The van der Waals surface area contributed by atoms with Gasteiger partial charge in [-0.25, -0.2) is 4.98 Å². The van der Waals surface area contributed by atoms with Crippen molar-refractivity contribution in [3.63, 3.8) is 0 Å². The lowest BCUT2D eigenvalue weighted by Gasteiger charge is -2.35. The van der Waals surface area contributed by atoms with Crippen LogP contribution in [-0.4, -0.2) is 101 Å². The summed E-state index contributed by atoms with van der Waals surface area (Å²) < 4.78 is 8.65. The minimum Gasteiger partial charge on any atom is -0.469 e. The second-order valence-electron chi connectivity index (χ2n) is 19.2. The van der Waals surface area contributed by atoms with Crippen LogP contribution in [0.5, 0.6) is 0 Å². The van der Waals surface area contributed by atoms with Gasteiger partial charge in [-0.3, -0.25) is 33.4 Å². The van der Waals surface area contributed by atoms with Crippen LogP contribution in [0.3, 0.4) is 0 Å². The van der Waals surface area contributed by atoms with E-state index in [1.54, 1.807) is 33.6 Å². The van der Waals surface area contributed by atoms with Crippen LogP contribution < -0.4 is 10.6 Å². The Labute approximate surface area is 413 Å². The van der Waals surface area contributed by atoms with Crippen molar-refractivity contribution >= 4 is 63.0 Å². The van der Waals surface area contributed by atoms with E-state index in [0.717, 1.165) is 76.0 Å². The maximum absolute atomic E-state index is 14.4. The third-order valence-corrected chi connectivity index (χ3v) is 15.5. The number of thiophene rings is 1. The summed E-state index contributed by atoms with van der Waals surface area (Å²) in [5, 5.41) is 31.9. The van der Waals surface area contributed by atoms with Crippen molar-refractivity contribution in [2.24, 2.45) is 10.4 Å². The summed E-state index contributed by atoms with van der Waals surface area (Å²) in [6.07, 6.45) is 0.916. The number of aliphatic hydroxyl groups excluding tert-OH is 1. The Bertz CT molecular complexity index is 3180. The minimum atomic E-state index is -0.997. The summed E-state index contributed by atoms with van der Waals surface area (Å²) in [4.78, 5) is 67.8. The largest absolute Gasteiger partial charge is 0.469 e. The highest BCUT2D eigenvalue weighted by atomic mass is 32.1. The van der Waals surface area contributed by atoms with Crippen molar-refractivity contribution in [3.8, 4) is 26.6 Å². The van der Waals surface area contributed by atoms with Gasteiger partial charge in [-0.1, -0.05) is 75.4 Å². The smallest absolute Gasteiger partial charge is 0.308 e. The summed E-state index contributed by atoms with van der Waals surface area (Å²) in [5.74, 6) is -0.321. The number of β-amino-alcohol motifs (C(OH)–C–C–N with tert-alkyl or cyclic N) is 1. The Morgan fingerprint density at radius 2 is 1.61 bits per heavy atom. The molecule has 1 fully saturated rings. The number of benzene rings is 3. The molecule has 0 spiro atoms. The number of fused-ring (bicyclic) bond motifs is 4. The van der Waals surface area contributed by atoms with Crippen LogP contribution in [-0.2, 0) is 30.5 Å². The Morgan fingerprint density at radius 3 is 2.30 bits per heavy atom. The number of carbonyl (C=O) groups is 4. The van der Waals surface area contributed by atoms with Crippen LogP contribution in [0.4, 0.5) is 0 Å². The maximum atomic E-state index is 14.4. The first kappa shape index (κ1) is 48.1. The predicted octanol–water partition coefficient (Wildman–Crippen LogP) is 7.53. The second kappa shape index (κ2) is 19.1. The van der Waals surface area contributed by atoms with Crippen molar-refractivity contribution < 1.29 is 29.0 Å². The van der Waals surface area contributed by atoms with Crippen LogP contribution in [0.2, 0.25) is 0 Å². The third-order valence-electron chi connectivity index (χ3n) is 13.3. The SMILES string of the molecule is COC(=O)C[C@@H]1N=C(c2ccc(-c3ccc4c(cnn4CC(=O)N[C@H](C(=O)N4C[C@H](O)C[C@H]4C(=O)N[C@@H](C)c4ccc(-c5scnc5C)cc4)C(C)(C)C)c3)cc2)c2c(sc(C)c2C)-n2c(C)nnc21. The Kier molecular flexibility index (Phi) is 13.2. The van der Waals surface area contributed by atoms with E-state index in [1.807, 2.05) is 118 Å². The van der Waals surface area contributed by atoms with Gasteiger partial charge in [-0.05, 0) is 80.0 Å². The Morgan fingerprint density at radius 1 is 0.914 bits per heavy atom. The number of hydrogen-bond donors (Lipinski definition) is 3. The summed E-state index contributed by atoms with van der Waals surface area (Å²) in [6, 6.07) is 19.1. The number of aliphatic imine (C=N–C) groups is 1. The Balaban J connectivity index is 0.886. The fraction of sp³-hybridized carbons (Fsp3) is 0.365. The summed E-state index contributed by atoms with van der Waals surface area (Å²) >= 11 is 3.22. The van der Waals surface area contributed by atoms with Crippen molar-refractivity contribution in [1.82, 2.24) is 45.1 Å². The van der Waals surface area contributed by atoms with Crippen LogP contribution in [0, 0.1) is 33.1 Å². The number of carbonyl (C=O) groups excluding carboxylic acids is 4. The molecule has 0 radical (unpaired) electrons. The lowest BCUT2D eigenvalue weighted by Crippen LogP contribution is -2.58. The van der Waals surface area contributed by atoms with Crippen LogP contribution in [0.25, 0.3) is 37.5 Å². The van der Waals surface area contributed by atoms with Crippen molar-refractivity contribution in [1.29, 1.82) is 0 Å². The highest BCUT2D eigenvalue weighted by Crippen LogP contribution is 2.40. The molecule has 6 heterocycles. The van der Waals surface area contributed by atoms with Gasteiger partial charge in [0.05, 0.1) is 59.2 Å². The molecule has 70 heavy (non-hydrogen) atoms. The van der Waals surface area contributed by atoms with Gasteiger partial charge in [-0.2, -0.15) is 5.10 Å². The molecule has 0 aliphatic carbocycles. The number of thiazole rings is 1. The van der Waals surface area contributed by atoms with Crippen LogP contribution in [0.1, 0.15) is 97.1 Å². The van der Waals surface area contributed by atoms with Gasteiger partial charge < -0.3 is 25.4 Å². The highest BCUT2D eigenvalue weighted by molar-refractivity contribution is 7.15. The van der Waals surface area contributed by atoms with E-state index in [1.165, 1.54) is 12.0 Å². The molecule has 9 rings (SSSR count). The monoisotopic (exact) mass is 980 g/mol. The molecule has 3 amide bonds. The summed E-state index contributed by atoms with van der Waals surface area (Å²) in [7, 11) is 1.37. The number of hydrogen-bond acceptors (Lipinski definition) is 13. The third kappa shape index (κ3) is 9.30. The van der Waals surface area contributed by atoms with Gasteiger partial charge in [0.25, 0.3) is 0 Å². The fourth-order valence-electron chi connectivity index (χ4n) is 9.34. The number of nitrogens with zero attached hydrogens (tertiary/aromatic N) is 8. The normalized spacial score (nSPS) is 17.6. The molecule has 3 N–H and O–H groups in total. The first-order valence-electron chi connectivity index (χ1n) is 23.2. The van der Waals surface area contributed by atoms with E-state index in [-0.39, 0.29) is 43.8 Å². The Hall–Kier alpha value is -6.89. The molecular weight excluding hydrogens is 925 g/mol. The second-order valence-corrected chi connectivity index (χ2v) is 21.3. The predicted molar refractivity (Wildman–Crippen MR) is 270 cm³/mol. The van der Waals surface area contributed by atoms with E-state index in [0.29, 0.717) is 11.6 Å². The van der Waals surface area contributed by atoms with Gasteiger partial charge >= 0.3 is 5.97 Å². The first-order valence-corrected chi connectivity index (χ1v) is 24.9. The maximum Gasteiger partial charge on any atom is 0.308 e. The summed E-state index contributed by atoms with van der Waals surface area (Å²) in [6.45, 7) is 15.3. The number of esters is 1. The van der Waals surface area contributed by atoms with Crippen molar-refractivity contribution in [2.75, 3.05) is 13.7 Å². The molecule has 0 bridgehead atoms.